The van der Waals surface area contributed by atoms with Gasteiger partial charge in [0.2, 0.25) is 0 Å². The fourth-order valence-corrected chi connectivity index (χ4v) is 2.05. The van der Waals surface area contributed by atoms with E-state index in [1.165, 1.54) is 24.8 Å². The normalized spacial score (nSPS) is 21.3. The molecular weight excluding hydrogens is 174 g/mol. The van der Waals surface area contributed by atoms with E-state index in [0.29, 0.717) is 5.92 Å². The highest BCUT2D eigenvalue weighted by Crippen LogP contribution is 2.35. The van der Waals surface area contributed by atoms with Gasteiger partial charge in [0.15, 0.2) is 0 Å². The van der Waals surface area contributed by atoms with Crippen LogP contribution in [0.15, 0.2) is 24.5 Å². The van der Waals surface area contributed by atoms with Crippen LogP contribution in [0.4, 0.5) is 0 Å². The minimum Gasteiger partial charge on any atom is -0.392 e. The maximum Gasteiger partial charge on any atom is 0.0634 e. The summed E-state index contributed by atoms with van der Waals surface area (Å²) in [7, 11) is 0. The molecule has 2 nitrogen and oxygen atoms in total. The molecule has 0 radical (unpaired) electrons. The maximum absolute atomic E-state index is 10.1. The molecule has 2 atom stereocenters. The van der Waals surface area contributed by atoms with E-state index in [2.05, 4.69) is 11.9 Å². The first kappa shape index (κ1) is 9.66. The number of nitrogens with zero attached hydrogens (tertiary/aromatic N) is 1. The van der Waals surface area contributed by atoms with Crippen LogP contribution in [0.5, 0.6) is 0 Å². The topological polar surface area (TPSA) is 33.1 Å². The van der Waals surface area contributed by atoms with Crippen LogP contribution in [-0.4, -0.2) is 16.2 Å². The van der Waals surface area contributed by atoms with Gasteiger partial charge in [-0.05, 0) is 36.5 Å². The molecular formula is C12H17NO. The fraction of sp³-hybridized carbons (Fsp3) is 0.583. The largest absolute Gasteiger partial charge is 0.392 e. The van der Waals surface area contributed by atoms with Crippen molar-refractivity contribution >= 4 is 0 Å². The average Bonchev–Trinajstić information content (AvgIpc) is 2.15. The van der Waals surface area contributed by atoms with E-state index in [0.717, 1.165) is 0 Å². The van der Waals surface area contributed by atoms with Crippen molar-refractivity contribution in [2.75, 3.05) is 0 Å². The molecule has 14 heavy (non-hydrogen) atoms. The minimum absolute atomic E-state index is 0.175. The smallest absolute Gasteiger partial charge is 0.0634 e. The van der Waals surface area contributed by atoms with Crippen molar-refractivity contribution in [1.29, 1.82) is 0 Å². The summed E-state index contributed by atoms with van der Waals surface area (Å²) in [6.07, 6.45) is 7.07. The number of aromatic nitrogens is 1. The summed E-state index contributed by atoms with van der Waals surface area (Å²) in [6.45, 7) is 2.10. The summed E-state index contributed by atoms with van der Waals surface area (Å²) in [5, 5.41) is 10.1. The molecule has 2 rings (SSSR count). The highest BCUT2D eigenvalue weighted by atomic mass is 16.3. The first-order chi connectivity index (χ1) is 6.79. The van der Waals surface area contributed by atoms with Gasteiger partial charge in [-0.2, -0.15) is 0 Å². The molecule has 0 aromatic carbocycles. The Kier molecular flexibility index (Phi) is 2.82. The van der Waals surface area contributed by atoms with Crippen molar-refractivity contribution in [2.45, 2.75) is 38.2 Å². The van der Waals surface area contributed by atoms with Gasteiger partial charge in [-0.25, -0.2) is 0 Å². The van der Waals surface area contributed by atoms with Gasteiger partial charge in [0.1, 0.15) is 0 Å². The van der Waals surface area contributed by atoms with Crippen molar-refractivity contribution in [2.24, 2.45) is 5.92 Å². The Morgan fingerprint density at radius 3 is 2.50 bits per heavy atom. The van der Waals surface area contributed by atoms with Crippen LogP contribution in [0, 0.1) is 5.92 Å². The first-order valence-electron chi connectivity index (χ1n) is 5.37. The summed E-state index contributed by atoms with van der Waals surface area (Å²) in [5.41, 5.74) is 1.19. The second-order valence-electron chi connectivity index (χ2n) is 4.25. The molecule has 1 saturated carbocycles. The second kappa shape index (κ2) is 4.09. The molecule has 1 aliphatic rings. The monoisotopic (exact) mass is 191 g/mol. The Labute approximate surface area is 85.0 Å². The Balaban J connectivity index is 2.03. The lowest BCUT2D eigenvalue weighted by Crippen LogP contribution is -2.31. The van der Waals surface area contributed by atoms with Gasteiger partial charge in [-0.15, -0.1) is 0 Å². The number of aliphatic hydroxyl groups excluding tert-OH is 1. The third-order valence-corrected chi connectivity index (χ3v) is 3.38. The molecule has 0 aliphatic heterocycles. The van der Waals surface area contributed by atoms with Gasteiger partial charge in [-0.3, -0.25) is 4.98 Å². The third-order valence-electron chi connectivity index (χ3n) is 3.38. The number of aliphatic hydroxyl groups is 1. The lowest BCUT2D eigenvalue weighted by Gasteiger charge is -2.34. The quantitative estimate of drug-likeness (QED) is 0.795. The zero-order valence-corrected chi connectivity index (χ0v) is 8.56. The molecule has 0 saturated heterocycles. The van der Waals surface area contributed by atoms with Gasteiger partial charge < -0.3 is 5.11 Å². The molecule has 1 aliphatic carbocycles. The molecule has 1 fully saturated rings. The van der Waals surface area contributed by atoms with Crippen LogP contribution in [0.2, 0.25) is 0 Å². The van der Waals surface area contributed by atoms with Gasteiger partial charge >= 0.3 is 0 Å². The molecule has 76 valence electrons. The molecule has 1 N–H and O–H groups in total. The number of rotatable bonds is 3. The predicted octanol–water partition coefficient (Wildman–Crippen LogP) is 2.35. The van der Waals surface area contributed by atoms with E-state index in [-0.39, 0.29) is 12.0 Å². The van der Waals surface area contributed by atoms with E-state index >= 15 is 0 Å². The molecule has 2 unspecified atom stereocenters. The van der Waals surface area contributed by atoms with E-state index < -0.39 is 0 Å². The van der Waals surface area contributed by atoms with Gasteiger partial charge in [0.25, 0.3) is 0 Å². The molecule has 1 aromatic rings. The number of pyridine rings is 1. The van der Waals surface area contributed by atoms with E-state index in [1.54, 1.807) is 12.4 Å². The highest BCUT2D eigenvalue weighted by Gasteiger charge is 2.29. The molecule has 2 heteroatoms. The van der Waals surface area contributed by atoms with Crippen LogP contribution in [0.25, 0.3) is 0 Å². The Morgan fingerprint density at radius 1 is 1.36 bits per heavy atom. The van der Waals surface area contributed by atoms with Crippen molar-refractivity contribution in [3.05, 3.63) is 30.1 Å². The predicted molar refractivity (Wildman–Crippen MR) is 56.0 cm³/mol. The maximum atomic E-state index is 10.1. The van der Waals surface area contributed by atoms with Crippen molar-refractivity contribution in [3.8, 4) is 0 Å². The van der Waals surface area contributed by atoms with Crippen molar-refractivity contribution < 1.29 is 5.11 Å². The van der Waals surface area contributed by atoms with Crippen LogP contribution < -0.4 is 0 Å². The highest BCUT2D eigenvalue weighted by molar-refractivity contribution is 5.16. The summed E-state index contributed by atoms with van der Waals surface area (Å²) in [5.74, 6) is 0.765. The van der Waals surface area contributed by atoms with Gasteiger partial charge in [0.05, 0.1) is 6.10 Å². The van der Waals surface area contributed by atoms with Crippen LogP contribution in [0.3, 0.4) is 0 Å². The summed E-state index contributed by atoms with van der Waals surface area (Å²) in [6, 6.07) is 3.99. The van der Waals surface area contributed by atoms with E-state index in [4.69, 9.17) is 0 Å². The van der Waals surface area contributed by atoms with Crippen LogP contribution >= 0.6 is 0 Å². The summed E-state index contributed by atoms with van der Waals surface area (Å²) >= 11 is 0. The minimum atomic E-state index is -0.175. The van der Waals surface area contributed by atoms with E-state index in [1.807, 2.05) is 12.1 Å². The Bertz CT molecular complexity index is 282. The van der Waals surface area contributed by atoms with Gasteiger partial charge in [0, 0.05) is 18.3 Å². The number of hydrogen-bond donors (Lipinski definition) is 1. The van der Waals surface area contributed by atoms with Crippen LogP contribution in [-0.2, 0) is 0 Å². The van der Waals surface area contributed by atoms with Crippen molar-refractivity contribution in [3.63, 3.8) is 0 Å². The number of hydrogen-bond acceptors (Lipinski definition) is 2. The fourth-order valence-electron chi connectivity index (χ4n) is 2.05. The molecule has 0 amide bonds. The molecule has 0 bridgehead atoms. The zero-order chi connectivity index (χ0) is 9.97. The van der Waals surface area contributed by atoms with Crippen molar-refractivity contribution in [1.82, 2.24) is 4.98 Å². The molecule has 1 aromatic heterocycles. The standard InChI is InChI=1S/C12H17NO/c1-9(10-5-7-13-8-6-10)12(14)11-3-2-4-11/h5-9,11-12,14H,2-4H2,1H3. The first-order valence-corrected chi connectivity index (χ1v) is 5.37. The zero-order valence-electron chi connectivity index (χ0n) is 8.56. The lowest BCUT2D eigenvalue weighted by molar-refractivity contribution is 0.0444. The summed E-state index contributed by atoms with van der Waals surface area (Å²) < 4.78 is 0. The van der Waals surface area contributed by atoms with Crippen LogP contribution in [0.1, 0.15) is 37.7 Å². The second-order valence-corrected chi connectivity index (χ2v) is 4.25. The molecule has 1 heterocycles. The molecule has 0 spiro atoms. The SMILES string of the molecule is CC(c1ccncc1)C(O)C1CCC1. The Morgan fingerprint density at radius 2 is 2.00 bits per heavy atom. The summed E-state index contributed by atoms with van der Waals surface area (Å²) in [4.78, 5) is 3.98. The Hall–Kier alpha value is -0.890. The lowest BCUT2D eigenvalue weighted by atomic mass is 9.75. The van der Waals surface area contributed by atoms with Gasteiger partial charge in [-0.1, -0.05) is 13.3 Å². The van der Waals surface area contributed by atoms with E-state index in [9.17, 15) is 5.11 Å². The third kappa shape index (κ3) is 1.80. The average molecular weight is 191 g/mol.